The molecule has 1 aromatic carbocycles. The number of pyridine rings is 1. The highest BCUT2D eigenvalue weighted by Gasteiger charge is 2.27. The highest BCUT2D eigenvalue weighted by atomic mass is 32.1. The van der Waals surface area contributed by atoms with Gasteiger partial charge >= 0.3 is 0 Å². The Hall–Kier alpha value is -2.47. The average Bonchev–Trinajstić information content (AvgIpc) is 2.54. The zero-order valence-corrected chi connectivity index (χ0v) is 15.8. The van der Waals surface area contributed by atoms with Gasteiger partial charge in [0.1, 0.15) is 6.17 Å². The van der Waals surface area contributed by atoms with Gasteiger partial charge in [-0.2, -0.15) is 0 Å². The summed E-state index contributed by atoms with van der Waals surface area (Å²) in [6.07, 6.45) is 3.05. The van der Waals surface area contributed by atoms with E-state index in [2.05, 4.69) is 20.9 Å². The van der Waals surface area contributed by atoms with Gasteiger partial charge < -0.3 is 16.0 Å². The van der Waals surface area contributed by atoms with E-state index in [4.69, 9.17) is 12.2 Å². The first-order chi connectivity index (χ1) is 11.8. The lowest BCUT2D eigenvalue weighted by Gasteiger charge is -2.33. The number of carbonyl (C=O) groups excluding carboxylic acids is 1. The zero-order chi connectivity index (χ0) is 18.4. The van der Waals surface area contributed by atoms with E-state index < -0.39 is 0 Å². The Morgan fingerprint density at radius 1 is 1.12 bits per heavy atom. The lowest BCUT2D eigenvalue weighted by Crippen LogP contribution is -2.56. The number of hydrogen-bond donors (Lipinski definition) is 3. The summed E-state index contributed by atoms with van der Waals surface area (Å²) in [4.78, 5) is 16.7. The third-order valence-electron chi connectivity index (χ3n) is 3.73. The molecule has 1 unspecified atom stereocenters. The number of anilines is 1. The summed E-state index contributed by atoms with van der Waals surface area (Å²) in [6.45, 7) is 8.03. The Labute approximate surface area is 154 Å². The van der Waals surface area contributed by atoms with E-state index in [1.54, 1.807) is 12.4 Å². The minimum Gasteiger partial charge on any atom is -0.342 e. The van der Waals surface area contributed by atoms with Crippen LogP contribution in [0.4, 0.5) is 5.69 Å². The zero-order valence-electron chi connectivity index (χ0n) is 15.0. The topological polar surface area (TPSA) is 66.1 Å². The molecule has 3 N–H and O–H groups in total. The van der Waals surface area contributed by atoms with Gasteiger partial charge in [0.15, 0.2) is 5.11 Å². The maximum absolute atomic E-state index is 12.6. The van der Waals surface area contributed by atoms with E-state index in [1.807, 2.05) is 64.1 Å². The van der Waals surface area contributed by atoms with Crippen LogP contribution in [0.5, 0.6) is 0 Å². The van der Waals surface area contributed by atoms with Crippen molar-refractivity contribution in [2.24, 2.45) is 5.41 Å². The second kappa shape index (κ2) is 8.07. The number of hydrogen-bond acceptors (Lipinski definition) is 3. The van der Waals surface area contributed by atoms with Crippen LogP contribution in [0, 0.1) is 12.3 Å². The molecule has 0 aliphatic carbocycles. The number of aryl methyl sites for hydroxylation is 1. The van der Waals surface area contributed by atoms with Gasteiger partial charge in [0.25, 0.3) is 5.91 Å². The molecule has 2 aromatic rings. The number of aromatic nitrogens is 1. The van der Waals surface area contributed by atoms with Crippen molar-refractivity contribution < 1.29 is 4.79 Å². The molecule has 25 heavy (non-hydrogen) atoms. The first-order valence-corrected chi connectivity index (χ1v) is 8.52. The maximum Gasteiger partial charge on any atom is 0.253 e. The molecule has 1 atom stereocenters. The van der Waals surface area contributed by atoms with Crippen LogP contribution >= 0.6 is 12.2 Å². The van der Waals surface area contributed by atoms with Crippen molar-refractivity contribution in [1.29, 1.82) is 0 Å². The van der Waals surface area contributed by atoms with E-state index in [0.29, 0.717) is 10.7 Å². The minimum absolute atomic E-state index is 0.130. The summed E-state index contributed by atoms with van der Waals surface area (Å²) < 4.78 is 0. The molecular formula is C19H24N4OS. The predicted molar refractivity (Wildman–Crippen MR) is 105 cm³/mol. The van der Waals surface area contributed by atoms with E-state index >= 15 is 0 Å². The lowest BCUT2D eigenvalue weighted by molar-refractivity contribution is 0.0894. The Morgan fingerprint density at radius 2 is 1.84 bits per heavy atom. The number of nitrogens with one attached hydrogen (secondary N) is 3. The van der Waals surface area contributed by atoms with Crippen molar-refractivity contribution in [3.8, 4) is 0 Å². The van der Waals surface area contributed by atoms with E-state index in [0.717, 1.165) is 11.3 Å². The van der Waals surface area contributed by atoms with Crippen LogP contribution in [0.3, 0.4) is 0 Å². The van der Waals surface area contributed by atoms with Crippen LogP contribution in [-0.2, 0) is 0 Å². The minimum atomic E-state index is -0.337. The van der Waals surface area contributed by atoms with E-state index in [9.17, 15) is 4.79 Å². The summed E-state index contributed by atoms with van der Waals surface area (Å²) in [7, 11) is 0. The van der Waals surface area contributed by atoms with Gasteiger partial charge in [-0.1, -0.05) is 39.0 Å². The van der Waals surface area contributed by atoms with Gasteiger partial charge in [0, 0.05) is 17.2 Å². The fourth-order valence-corrected chi connectivity index (χ4v) is 2.48. The van der Waals surface area contributed by atoms with Crippen molar-refractivity contribution in [2.45, 2.75) is 33.9 Å². The molecule has 6 heteroatoms. The van der Waals surface area contributed by atoms with E-state index in [1.165, 1.54) is 0 Å². The molecule has 5 nitrogen and oxygen atoms in total. The van der Waals surface area contributed by atoms with Crippen LogP contribution in [0.2, 0.25) is 0 Å². The van der Waals surface area contributed by atoms with Crippen LogP contribution in [0.25, 0.3) is 0 Å². The number of thiocarbonyl (C=S) groups is 1. The van der Waals surface area contributed by atoms with Crippen molar-refractivity contribution in [3.63, 3.8) is 0 Å². The number of rotatable bonds is 4. The Bertz CT molecular complexity index is 741. The van der Waals surface area contributed by atoms with Crippen LogP contribution in [0.1, 0.15) is 36.7 Å². The molecule has 2 rings (SSSR count). The molecule has 0 saturated heterocycles. The number of carbonyl (C=O) groups is 1. The largest absolute Gasteiger partial charge is 0.342 e. The molecule has 0 spiro atoms. The molecule has 0 fully saturated rings. The summed E-state index contributed by atoms with van der Waals surface area (Å²) >= 11 is 5.38. The summed E-state index contributed by atoms with van der Waals surface area (Å²) in [5.74, 6) is -0.130. The molecule has 1 heterocycles. The summed E-state index contributed by atoms with van der Waals surface area (Å²) in [5, 5.41) is 9.73. The second-order valence-electron chi connectivity index (χ2n) is 6.93. The van der Waals surface area contributed by atoms with Gasteiger partial charge in [0.2, 0.25) is 0 Å². The van der Waals surface area contributed by atoms with Crippen LogP contribution < -0.4 is 16.0 Å². The van der Waals surface area contributed by atoms with E-state index in [-0.39, 0.29) is 17.5 Å². The molecule has 132 valence electrons. The SMILES string of the molecule is Cc1ccccc1C(=O)NC(NC(=S)Nc1cccnc1)C(C)(C)C. The Morgan fingerprint density at radius 3 is 2.44 bits per heavy atom. The number of amides is 1. The highest BCUT2D eigenvalue weighted by Crippen LogP contribution is 2.18. The molecule has 0 aliphatic heterocycles. The third kappa shape index (κ3) is 5.53. The van der Waals surface area contributed by atoms with Crippen LogP contribution in [0.15, 0.2) is 48.8 Å². The summed E-state index contributed by atoms with van der Waals surface area (Å²) in [6, 6.07) is 11.2. The third-order valence-corrected chi connectivity index (χ3v) is 3.95. The van der Waals surface area contributed by atoms with Gasteiger partial charge in [-0.15, -0.1) is 0 Å². The predicted octanol–water partition coefficient (Wildman–Crippen LogP) is 3.48. The van der Waals surface area contributed by atoms with Crippen LogP contribution in [-0.4, -0.2) is 22.2 Å². The molecular weight excluding hydrogens is 332 g/mol. The molecule has 1 aromatic heterocycles. The molecule has 1 amide bonds. The van der Waals surface area contributed by atoms with Crippen molar-refractivity contribution >= 4 is 28.9 Å². The maximum atomic E-state index is 12.6. The molecule has 0 bridgehead atoms. The molecule has 0 aliphatic rings. The summed E-state index contributed by atoms with van der Waals surface area (Å²) in [5.41, 5.74) is 2.14. The smallest absolute Gasteiger partial charge is 0.253 e. The van der Waals surface area contributed by atoms with Crippen molar-refractivity contribution in [1.82, 2.24) is 15.6 Å². The second-order valence-corrected chi connectivity index (χ2v) is 7.34. The average molecular weight is 356 g/mol. The molecule has 0 saturated carbocycles. The Kier molecular flexibility index (Phi) is 6.09. The number of nitrogens with zero attached hydrogens (tertiary/aromatic N) is 1. The first-order valence-electron chi connectivity index (χ1n) is 8.11. The normalized spacial score (nSPS) is 12.2. The fourth-order valence-electron chi connectivity index (χ4n) is 2.24. The van der Waals surface area contributed by atoms with Crippen molar-refractivity contribution in [2.75, 3.05) is 5.32 Å². The first kappa shape index (κ1) is 18.9. The fraction of sp³-hybridized carbons (Fsp3) is 0.316. The Balaban J connectivity index is 2.08. The lowest BCUT2D eigenvalue weighted by atomic mass is 9.92. The standard InChI is InChI=1S/C19H24N4OS/c1-13-8-5-6-10-15(13)16(24)22-17(19(2,3)4)23-18(25)21-14-9-7-11-20-12-14/h5-12,17H,1-4H3,(H,22,24)(H2,21,23,25). The number of benzene rings is 1. The molecule has 0 radical (unpaired) electrons. The quantitative estimate of drug-likeness (QED) is 0.578. The van der Waals surface area contributed by atoms with Gasteiger partial charge in [-0.05, 0) is 42.9 Å². The van der Waals surface area contributed by atoms with Gasteiger partial charge in [-0.25, -0.2) is 0 Å². The van der Waals surface area contributed by atoms with Gasteiger partial charge in [0.05, 0.1) is 11.9 Å². The van der Waals surface area contributed by atoms with Crippen molar-refractivity contribution in [3.05, 3.63) is 59.9 Å². The monoisotopic (exact) mass is 356 g/mol. The highest BCUT2D eigenvalue weighted by molar-refractivity contribution is 7.80. The van der Waals surface area contributed by atoms with Gasteiger partial charge in [-0.3, -0.25) is 9.78 Å².